The SMILES string of the molecule is CCCCc1c(C)nc2nc(N(Cc3ccccc3)C(=O)c3ccc(F)cc3)[nH]n2c1=O. The fourth-order valence-corrected chi connectivity index (χ4v) is 3.56. The summed E-state index contributed by atoms with van der Waals surface area (Å²) in [5.41, 5.74) is 2.25. The van der Waals surface area contributed by atoms with Crippen LogP contribution in [0.2, 0.25) is 0 Å². The van der Waals surface area contributed by atoms with Crippen molar-refractivity contribution in [1.82, 2.24) is 19.6 Å². The van der Waals surface area contributed by atoms with E-state index in [9.17, 15) is 14.0 Å². The van der Waals surface area contributed by atoms with Crippen molar-refractivity contribution in [3.63, 3.8) is 0 Å². The van der Waals surface area contributed by atoms with Crippen LogP contribution in [0.4, 0.5) is 10.3 Å². The normalized spacial score (nSPS) is 11.1. The van der Waals surface area contributed by atoms with Gasteiger partial charge in [-0.05, 0) is 49.6 Å². The Morgan fingerprint density at radius 3 is 2.50 bits per heavy atom. The largest absolute Gasteiger partial charge is 0.277 e. The number of carbonyl (C=O) groups is 1. The summed E-state index contributed by atoms with van der Waals surface area (Å²) in [4.78, 5) is 36.7. The number of unbranched alkanes of at least 4 members (excludes halogenated alkanes) is 1. The molecule has 1 amide bonds. The van der Waals surface area contributed by atoms with E-state index in [1.165, 1.54) is 33.7 Å². The van der Waals surface area contributed by atoms with Crippen LogP contribution in [0, 0.1) is 12.7 Å². The maximum atomic E-state index is 13.4. The topological polar surface area (TPSA) is 83.4 Å². The molecule has 2 heterocycles. The number of benzene rings is 2. The second-order valence-corrected chi connectivity index (χ2v) is 7.65. The lowest BCUT2D eigenvalue weighted by Crippen LogP contribution is -2.31. The summed E-state index contributed by atoms with van der Waals surface area (Å²) >= 11 is 0. The molecule has 0 bridgehead atoms. The zero-order valence-electron chi connectivity index (χ0n) is 18.0. The first-order chi connectivity index (χ1) is 15.5. The number of amides is 1. The maximum absolute atomic E-state index is 13.4. The van der Waals surface area contributed by atoms with Gasteiger partial charge in [-0.1, -0.05) is 43.7 Å². The molecule has 0 spiro atoms. The van der Waals surface area contributed by atoms with E-state index in [2.05, 4.69) is 22.0 Å². The Labute approximate surface area is 184 Å². The van der Waals surface area contributed by atoms with Crippen molar-refractivity contribution in [3.05, 3.63) is 93.2 Å². The van der Waals surface area contributed by atoms with Gasteiger partial charge < -0.3 is 0 Å². The lowest BCUT2D eigenvalue weighted by molar-refractivity contribution is 0.0983. The zero-order chi connectivity index (χ0) is 22.7. The number of hydrogen-bond acceptors (Lipinski definition) is 4. The summed E-state index contributed by atoms with van der Waals surface area (Å²) in [7, 11) is 0. The molecular weight excluding hydrogens is 409 g/mol. The monoisotopic (exact) mass is 433 g/mol. The van der Waals surface area contributed by atoms with Gasteiger partial charge >= 0.3 is 0 Å². The number of aromatic amines is 1. The molecule has 0 radical (unpaired) electrons. The van der Waals surface area contributed by atoms with Gasteiger partial charge in [-0.2, -0.15) is 9.50 Å². The lowest BCUT2D eigenvalue weighted by atomic mass is 10.1. The smallest absolute Gasteiger partial charge is 0.272 e. The predicted octanol–water partition coefficient (Wildman–Crippen LogP) is 4.05. The number of carbonyl (C=O) groups excluding carboxylic acids is 1. The molecular formula is C24H24FN5O2. The Morgan fingerprint density at radius 2 is 1.81 bits per heavy atom. The minimum atomic E-state index is -0.425. The van der Waals surface area contributed by atoms with Crippen LogP contribution in [-0.4, -0.2) is 25.5 Å². The number of aromatic nitrogens is 4. The summed E-state index contributed by atoms with van der Waals surface area (Å²) < 4.78 is 14.7. The highest BCUT2D eigenvalue weighted by atomic mass is 19.1. The standard InChI is InChI=1S/C24H24FN5O2/c1-3-4-10-20-16(2)26-23-27-24(28-30(23)22(20)32)29(15-17-8-6-5-7-9-17)21(31)18-11-13-19(25)14-12-18/h5-9,11-14H,3-4,10,15H2,1-2H3,(H,26,27,28). The number of nitrogens with one attached hydrogen (secondary N) is 1. The maximum Gasteiger partial charge on any atom is 0.277 e. The van der Waals surface area contributed by atoms with Crippen LogP contribution in [-0.2, 0) is 13.0 Å². The molecule has 32 heavy (non-hydrogen) atoms. The molecule has 164 valence electrons. The zero-order valence-corrected chi connectivity index (χ0v) is 18.0. The van der Waals surface area contributed by atoms with Gasteiger partial charge in [-0.3, -0.25) is 19.6 Å². The molecule has 0 saturated carbocycles. The van der Waals surface area contributed by atoms with Gasteiger partial charge in [0.2, 0.25) is 5.95 Å². The van der Waals surface area contributed by atoms with Crippen LogP contribution in [0.15, 0.2) is 59.4 Å². The second-order valence-electron chi connectivity index (χ2n) is 7.65. The molecule has 0 aliphatic carbocycles. The molecule has 8 heteroatoms. The first-order valence-electron chi connectivity index (χ1n) is 10.6. The lowest BCUT2D eigenvalue weighted by Gasteiger charge is -2.20. The Bertz CT molecular complexity index is 1300. The number of hydrogen-bond donors (Lipinski definition) is 1. The molecule has 0 atom stereocenters. The van der Waals surface area contributed by atoms with E-state index >= 15 is 0 Å². The van der Waals surface area contributed by atoms with Crippen molar-refractivity contribution >= 4 is 17.6 Å². The first kappa shape index (κ1) is 21.4. The number of fused-ring (bicyclic) bond motifs is 1. The van der Waals surface area contributed by atoms with Crippen LogP contribution in [0.1, 0.15) is 46.9 Å². The number of halogens is 1. The van der Waals surface area contributed by atoms with Gasteiger partial charge in [-0.25, -0.2) is 9.37 Å². The van der Waals surface area contributed by atoms with E-state index < -0.39 is 5.82 Å². The van der Waals surface area contributed by atoms with Crippen LogP contribution in [0.25, 0.3) is 5.78 Å². The van der Waals surface area contributed by atoms with Gasteiger partial charge in [-0.15, -0.1) is 0 Å². The van der Waals surface area contributed by atoms with Crippen LogP contribution in [0.3, 0.4) is 0 Å². The van der Waals surface area contributed by atoms with Crippen molar-refractivity contribution < 1.29 is 9.18 Å². The van der Waals surface area contributed by atoms with E-state index in [-0.39, 0.29) is 29.7 Å². The van der Waals surface area contributed by atoms with E-state index in [0.717, 1.165) is 18.4 Å². The van der Waals surface area contributed by atoms with Crippen molar-refractivity contribution in [2.45, 2.75) is 39.7 Å². The van der Waals surface area contributed by atoms with Gasteiger partial charge in [0, 0.05) is 11.1 Å². The molecule has 0 fully saturated rings. The van der Waals surface area contributed by atoms with Crippen LogP contribution < -0.4 is 10.5 Å². The van der Waals surface area contributed by atoms with Crippen molar-refractivity contribution in [1.29, 1.82) is 0 Å². The average Bonchev–Trinajstić information content (AvgIpc) is 3.22. The molecule has 2 aromatic carbocycles. The summed E-state index contributed by atoms with van der Waals surface area (Å²) in [5, 5.41) is 2.95. The van der Waals surface area contributed by atoms with Gasteiger partial charge in [0.05, 0.1) is 12.2 Å². The molecule has 0 saturated heterocycles. The predicted molar refractivity (Wildman–Crippen MR) is 120 cm³/mol. The highest BCUT2D eigenvalue weighted by Crippen LogP contribution is 2.18. The van der Waals surface area contributed by atoms with Crippen molar-refractivity contribution in [3.8, 4) is 0 Å². The quantitative estimate of drug-likeness (QED) is 0.477. The highest BCUT2D eigenvalue weighted by molar-refractivity contribution is 6.05. The molecule has 4 aromatic rings. The van der Waals surface area contributed by atoms with Crippen LogP contribution in [0.5, 0.6) is 0 Å². The summed E-state index contributed by atoms with van der Waals surface area (Å²) in [5.74, 6) is -0.401. The van der Waals surface area contributed by atoms with E-state index in [1.54, 1.807) is 6.92 Å². The second kappa shape index (κ2) is 9.13. The Morgan fingerprint density at radius 1 is 1.09 bits per heavy atom. The van der Waals surface area contributed by atoms with E-state index in [4.69, 9.17) is 0 Å². The number of nitrogens with zero attached hydrogens (tertiary/aromatic N) is 4. The van der Waals surface area contributed by atoms with Gasteiger partial charge in [0.25, 0.3) is 17.2 Å². The fourth-order valence-electron chi connectivity index (χ4n) is 3.56. The highest BCUT2D eigenvalue weighted by Gasteiger charge is 2.23. The van der Waals surface area contributed by atoms with Crippen LogP contribution >= 0.6 is 0 Å². The first-order valence-corrected chi connectivity index (χ1v) is 10.6. The number of rotatable bonds is 7. The summed E-state index contributed by atoms with van der Waals surface area (Å²) in [6, 6.07) is 14.8. The fraction of sp³-hybridized carbons (Fsp3) is 0.250. The minimum Gasteiger partial charge on any atom is -0.272 e. The van der Waals surface area contributed by atoms with E-state index in [1.807, 2.05) is 30.3 Å². The number of aryl methyl sites for hydroxylation is 1. The Kier molecular flexibility index (Phi) is 6.11. The summed E-state index contributed by atoms with van der Waals surface area (Å²) in [6.07, 6.45) is 2.48. The minimum absolute atomic E-state index is 0.194. The Hall–Kier alpha value is -3.81. The molecule has 2 aromatic heterocycles. The van der Waals surface area contributed by atoms with Gasteiger partial charge in [0.15, 0.2) is 0 Å². The molecule has 0 aliphatic rings. The average molecular weight is 433 g/mol. The number of H-pyrrole nitrogens is 1. The third kappa shape index (κ3) is 4.30. The van der Waals surface area contributed by atoms with E-state index in [0.29, 0.717) is 23.2 Å². The third-order valence-corrected chi connectivity index (χ3v) is 5.34. The van der Waals surface area contributed by atoms with Crippen molar-refractivity contribution in [2.24, 2.45) is 0 Å². The molecule has 1 N–H and O–H groups in total. The summed E-state index contributed by atoms with van der Waals surface area (Å²) in [6.45, 7) is 4.08. The van der Waals surface area contributed by atoms with Gasteiger partial charge in [0.1, 0.15) is 5.82 Å². The third-order valence-electron chi connectivity index (χ3n) is 5.34. The Balaban J connectivity index is 1.79. The van der Waals surface area contributed by atoms with Crippen molar-refractivity contribution in [2.75, 3.05) is 4.90 Å². The number of anilines is 1. The molecule has 4 rings (SSSR count). The molecule has 0 aliphatic heterocycles. The molecule has 7 nitrogen and oxygen atoms in total. The molecule has 0 unspecified atom stereocenters.